The van der Waals surface area contributed by atoms with Gasteiger partial charge in [-0.15, -0.1) is 0 Å². The van der Waals surface area contributed by atoms with Gasteiger partial charge in [-0.2, -0.15) is 0 Å². The van der Waals surface area contributed by atoms with Crippen molar-refractivity contribution in [2.75, 3.05) is 39.3 Å². The van der Waals surface area contributed by atoms with Crippen LogP contribution in [0.1, 0.15) is 23.7 Å². The molecule has 2 heterocycles. The fraction of sp³-hybridized carbons (Fsp3) is 0.600. The molecule has 0 bridgehead atoms. The normalized spacial score (nSPS) is 18.3. The van der Waals surface area contributed by atoms with Crippen LogP contribution in [0.3, 0.4) is 0 Å². The minimum Gasteiger partial charge on any atom is -0.337 e. The summed E-state index contributed by atoms with van der Waals surface area (Å²) >= 11 is 0. The van der Waals surface area contributed by atoms with Gasteiger partial charge in [0.05, 0.1) is 11.8 Å². The first-order valence-corrected chi connectivity index (χ1v) is 7.42. The number of carbonyl (C=O) groups is 1. The summed E-state index contributed by atoms with van der Waals surface area (Å²) in [5.74, 6) is -0.163. The Hall–Kier alpha value is -1.53. The Morgan fingerprint density at radius 3 is 2.90 bits per heavy atom. The zero-order chi connectivity index (χ0) is 15.2. The minimum absolute atomic E-state index is 0.143. The molecule has 1 saturated heterocycles. The van der Waals surface area contributed by atoms with Crippen molar-refractivity contribution in [3.05, 3.63) is 29.8 Å². The van der Waals surface area contributed by atoms with Crippen LogP contribution >= 0.6 is 0 Å². The maximum atomic E-state index is 13.2. The van der Waals surface area contributed by atoms with Crippen LogP contribution in [0.2, 0.25) is 0 Å². The van der Waals surface area contributed by atoms with E-state index in [9.17, 15) is 9.18 Å². The molecule has 1 aliphatic heterocycles. The van der Waals surface area contributed by atoms with Crippen LogP contribution in [-0.4, -0.2) is 60.0 Å². The highest BCUT2D eigenvalue weighted by Crippen LogP contribution is 2.10. The number of pyridine rings is 1. The van der Waals surface area contributed by atoms with Crippen molar-refractivity contribution in [1.29, 1.82) is 0 Å². The number of hydrogen-bond donors (Lipinski definition) is 1. The second-order valence-electron chi connectivity index (χ2n) is 5.68. The second-order valence-corrected chi connectivity index (χ2v) is 5.68. The zero-order valence-electron chi connectivity index (χ0n) is 12.5. The Morgan fingerprint density at radius 1 is 1.38 bits per heavy atom. The Balaban J connectivity index is 1.95. The van der Waals surface area contributed by atoms with E-state index < -0.39 is 5.82 Å². The molecular formula is C15H23FN4O. The van der Waals surface area contributed by atoms with Gasteiger partial charge in [0.15, 0.2) is 0 Å². The molecule has 0 spiro atoms. The van der Waals surface area contributed by atoms with Crippen molar-refractivity contribution in [3.63, 3.8) is 0 Å². The van der Waals surface area contributed by atoms with Gasteiger partial charge < -0.3 is 15.5 Å². The zero-order valence-corrected chi connectivity index (χ0v) is 12.5. The van der Waals surface area contributed by atoms with Crippen LogP contribution in [0, 0.1) is 11.7 Å². The molecule has 0 aliphatic carbocycles. The summed E-state index contributed by atoms with van der Waals surface area (Å²) in [7, 11) is 0. The van der Waals surface area contributed by atoms with Gasteiger partial charge in [0, 0.05) is 32.4 Å². The molecule has 1 aromatic rings. The maximum absolute atomic E-state index is 13.2. The lowest BCUT2D eigenvalue weighted by Crippen LogP contribution is -2.37. The molecule has 1 fully saturated rings. The lowest BCUT2D eigenvalue weighted by atomic mass is 10.1. The van der Waals surface area contributed by atoms with Crippen LogP contribution in [0.4, 0.5) is 4.39 Å². The van der Waals surface area contributed by atoms with Crippen LogP contribution in [-0.2, 0) is 0 Å². The molecule has 1 aliphatic rings. The molecule has 1 unspecified atom stereocenters. The van der Waals surface area contributed by atoms with Crippen LogP contribution < -0.4 is 5.73 Å². The van der Waals surface area contributed by atoms with Crippen molar-refractivity contribution < 1.29 is 9.18 Å². The van der Waals surface area contributed by atoms with Crippen molar-refractivity contribution in [3.8, 4) is 0 Å². The number of amides is 1. The fourth-order valence-electron chi connectivity index (χ4n) is 2.58. The highest BCUT2D eigenvalue weighted by atomic mass is 19.1. The topological polar surface area (TPSA) is 62.5 Å². The SMILES string of the molecule is CC(CN)CN1CCCN(C(=O)c2cncc(F)c2)CC1. The van der Waals surface area contributed by atoms with Crippen LogP contribution in [0.15, 0.2) is 18.5 Å². The molecule has 1 atom stereocenters. The van der Waals surface area contributed by atoms with Gasteiger partial charge in [-0.25, -0.2) is 4.39 Å². The third kappa shape index (κ3) is 4.47. The van der Waals surface area contributed by atoms with E-state index in [-0.39, 0.29) is 5.91 Å². The van der Waals surface area contributed by atoms with Crippen LogP contribution in [0.25, 0.3) is 0 Å². The predicted octanol–water partition coefficient (Wildman–Crippen LogP) is 0.963. The first-order valence-electron chi connectivity index (χ1n) is 7.42. The molecule has 2 N–H and O–H groups in total. The maximum Gasteiger partial charge on any atom is 0.255 e. The summed E-state index contributed by atoms with van der Waals surface area (Å²) < 4.78 is 13.2. The average molecular weight is 294 g/mol. The first kappa shape index (κ1) is 15.9. The van der Waals surface area contributed by atoms with E-state index in [2.05, 4.69) is 16.8 Å². The molecule has 5 nitrogen and oxygen atoms in total. The lowest BCUT2D eigenvalue weighted by Gasteiger charge is -2.24. The summed E-state index contributed by atoms with van der Waals surface area (Å²) in [5.41, 5.74) is 5.98. The van der Waals surface area contributed by atoms with Gasteiger partial charge in [-0.05, 0) is 31.5 Å². The molecule has 1 aromatic heterocycles. The molecule has 6 heteroatoms. The van der Waals surface area contributed by atoms with Gasteiger partial charge in [-0.1, -0.05) is 6.92 Å². The van der Waals surface area contributed by atoms with Crippen LogP contribution in [0.5, 0.6) is 0 Å². The monoisotopic (exact) mass is 294 g/mol. The smallest absolute Gasteiger partial charge is 0.255 e. The number of hydrogen-bond acceptors (Lipinski definition) is 4. The molecule has 2 rings (SSSR count). The number of carbonyl (C=O) groups excluding carboxylic acids is 1. The van der Waals surface area contributed by atoms with Crippen molar-refractivity contribution in [2.45, 2.75) is 13.3 Å². The van der Waals surface area contributed by atoms with E-state index >= 15 is 0 Å². The standard InChI is InChI=1S/C15H23FN4O/c1-12(8-17)11-19-3-2-4-20(6-5-19)15(21)13-7-14(16)10-18-9-13/h7,9-10,12H,2-6,8,11,17H2,1H3. The van der Waals surface area contributed by atoms with Crippen molar-refractivity contribution in [1.82, 2.24) is 14.8 Å². The Morgan fingerprint density at radius 2 is 2.19 bits per heavy atom. The largest absolute Gasteiger partial charge is 0.337 e. The molecule has 0 saturated carbocycles. The Labute approximate surface area is 124 Å². The first-order chi connectivity index (χ1) is 10.1. The van der Waals surface area contributed by atoms with Gasteiger partial charge >= 0.3 is 0 Å². The fourth-order valence-corrected chi connectivity index (χ4v) is 2.58. The number of aromatic nitrogens is 1. The minimum atomic E-state index is -0.478. The quantitative estimate of drug-likeness (QED) is 0.898. The van der Waals surface area contributed by atoms with Gasteiger partial charge in [-0.3, -0.25) is 9.78 Å². The van der Waals surface area contributed by atoms with Gasteiger partial charge in [0.1, 0.15) is 5.82 Å². The summed E-state index contributed by atoms with van der Waals surface area (Å²) in [4.78, 5) is 20.2. The van der Waals surface area contributed by atoms with Gasteiger partial charge in [0.2, 0.25) is 0 Å². The highest BCUT2D eigenvalue weighted by Gasteiger charge is 2.21. The molecule has 0 aromatic carbocycles. The Bertz CT molecular complexity index is 482. The van der Waals surface area contributed by atoms with Crippen molar-refractivity contribution in [2.24, 2.45) is 11.7 Å². The van der Waals surface area contributed by atoms with E-state index in [4.69, 9.17) is 5.73 Å². The molecule has 1 amide bonds. The Kier molecular flexibility index (Phi) is 5.64. The number of halogens is 1. The summed E-state index contributed by atoms with van der Waals surface area (Å²) in [6.45, 7) is 6.92. The average Bonchev–Trinajstić information content (AvgIpc) is 2.72. The number of nitrogens with two attached hydrogens (primary N) is 1. The molecule has 116 valence electrons. The summed E-state index contributed by atoms with van der Waals surface area (Å²) in [6.07, 6.45) is 3.45. The van der Waals surface area contributed by atoms with E-state index in [0.717, 1.165) is 32.3 Å². The third-order valence-corrected chi connectivity index (χ3v) is 3.80. The predicted molar refractivity (Wildman–Crippen MR) is 79.4 cm³/mol. The van der Waals surface area contributed by atoms with E-state index in [0.29, 0.717) is 31.1 Å². The van der Waals surface area contributed by atoms with E-state index in [1.54, 1.807) is 4.90 Å². The second kappa shape index (κ2) is 7.47. The van der Waals surface area contributed by atoms with E-state index in [1.807, 2.05) is 0 Å². The lowest BCUT2D eigenvalue weighted by molar-refractivity contribution is 0.0760. The van der Waals surface area contributed by atoms with Crippen molar-refractivity contribution >= 4 is 5.91 Å². The van der Waals surface area contributed by atoms with Gasteiger partial charge in [0.25, 0.3) is 5.91 Å². The number of nitrogens with zero attached hydrogens (tertiary/aromatic N) is 3. The summed E-state index contributed by atoms with van der Waals surface area (Å²) in [5, 5.41) is 0. The molecular weight excluding hydrogens is 271 g/mol. The highest BCUT2D eigenvalue weighted by molar-refractivity contribution is 5.93. The molecule has 21 heavy (non-hydrogen) atoms. The third-order valence-electron chi connectivity index (χ3n) is 3.80. The number of rotatable bonds is 4. The molecule has 0 radical (unpaired) electrons. The van der Waals surface area contributed by atoms with E-state index in [1.165, 1.54) is 12.3 Å². The summed E-state index contributed by atoms with van der Waals surface area (Å²) in [6, 6.07) is 1.24.